The summed E-state index contributed by atoms with van der Waals surface area (Å²) >= 11 is 0. The van der Waals surface area contributed by atoms with Crippen LogP contribution in [0.25, 0.3) is 0 Å². The quantitative estimate of drug-likeness (QED) is 0.577. The van der Waals surface area contributed by atoms with Gasteiger partial charge in [0.1, 0.15) is 5.75 Å². The molecule has 0 radical (unpaired) electrons. The molecule has 1 aromatic carbocycles. The first kappa shape index (κ1) is 15.5. The lowest BCUT2D eigenvalue weighted by molar-refractivity contribution is -0.147. The number of hydrogen-bond donors (Lipinski definition) is 1. The normalized spacial score (nSPS) is 11.9. The summed E-state index contributed by atoms with van der Waals surface area (Å²) < 4.78 is 10.1. The molecular formula is C15H23NO3. The molecule has 0 amide bonds. The number of benzene rings is 1. The third-order valence-electron chi connectivity index (χ3n) is 2.89. The summed E-state index contributed by atoms with van der Waals surface area (Å²) in [7, 11) is 1.66. The van der Waals surface area contributed by atoms with E-state index in [1.165, 1.54) is 5.56 Å². The van der Waals surface area contributed by atoms with E-state index < -0.39 is 0 Å². The molecule has 19 heavy (non-hydrogen) atoms. The van der Waals surface area contributed by atoms with Crippen LogP contribution in [0.2, 0.25) is 0 Å². The number of carbonyl (C=O) groups excluding carboxylic acids is 1. The molecule has 0 saturated carbocycles. The number of hydrogen-bond acceptors (Lipinski definition) is 4. The van der Waals surface area contributed by atoms with Gasteiger partial charge in [0.15, 0.2) is 0 Å². The lowest BCUT2D eigenvalue weighted by atomic mass is 10.1. The number of rotatable bonds is 8. The number of nitrogens with one attached hydrogen (secondary N) is 1. The SMILES string of the molecule is CCOC(=O)C(C)CNCCc1ccc(OC)cc1. The Bertz CT molecular complexity index is 375. The van der Waals surface area contributed by atoms with Gasteiger partial charge in [-0.25, -0.2) is 0 Å². The van der Waals surface area contributed by atoms with Crippen LogP contribution in [0.4, 0.5) is 0 Å². The van der Waals surface area contributed by atoms with Gasteiger partial charge in [-0.2, -0.15) is 0 Å². The number of esters is 1. The topological polar surface area (TPSA) is 47.6 Å². The zero-order valence-electron chi connectivity index (χ0n) is 11.9. The van der Waals surface area contributed by atoms with Crippen molar-refractivity contribution in [3.63, 3.8) is 0 Å². The Morgan fingerprint density at radius 2 is 2.00 bits per heavy atom. The molecule has 0 aliphatic heterocycles. The van der Waals surface area contributed by atoms with Crippen molar-refractivity contribution in [2.24, 2.45) is 5.92 Å². The summed E-state index contributed by atoms with van der Waals surface area (Å²) in [4.78, 5) is 11.4. The lowest BCUT2D eigenvalue weighted by Crippen LogP contribution is -2.29. The minimum Gasteiger partial charge on any atom is -0.497 e. The third-order valence-corrected chi connectivity index (χ3v) is 2.89. The maximum Gasteiger partial charge on any atom is 0.309 e. The molecule has 1 N–H and O–H groups in total. The Morgan fingerprint density at radius 1 is 1.32 bits per heavy atom. The Kier molecular flexibility index (Phi) is 6.97. The molecule has 1 aromatic rings. The minimum absolute atomic E-state index is 0.101. The van der Waals surface area contributed by atoms with E-state index in [-0.39, 0.29) is 11.9 Å². The standard InChI is InChI=1S/C15H23NO3/c1-4-19-15(17)12(2)11-16-10-9-13-5-7-14(18-3)8-6-13/h5-8,12,16H,4,9-11H2,1-3H3. The van der Waals surface area contributed by atoms with E-state index in [4.69, 9.17) is 9.47 Å². The molecule has 0 aliphatic carbocycles. The second-order valence-electron chi connectivity index (χ2n) is 4.46. The summed E-state index contributed by atoms with van der Waals surface area (Å²) in [6.07, 6.45) is 0.930. The van der Waals surface area contributed by atoms with Gasteiger partial charge in [0.25, 0.3) is 0 Å². The lowest BCUT2D eigenvalue weighted by Gasteiger charge is -2.11. The molecule has 4 heteroatoms. The van der Waals surface area contributed by atoms with Crippen molar-refractivity contribution < 1.29 is 14.3 Å². The molecule has 0 saturated heterocycles. The van der Waals surface area contributed by atoms with Crippen LogP contribution >= 0.6 is 0 Å². The van der Waals surface area contributed by atoms with Crippen LogP contribution in [0, 0.1) is 5.92 Å². The zero-order valence-corrected chi connectivity index (χ0v) is 11.9. The second kappa shape index (κ2) is 8.53. The van der Waals surface area contributed by atoms with Crippen molar-refractivity contribution in [2.45, 2.75) is 20.3 Å². The largest absolute Gasteiger partial charge is 0.497 e. The van der Waals surface area contributed by atoms with Crippen LogP contribution < -0.4 is 10.1 Å². The van der Waals surface area contributed by atoms with E-state index in [0.717, 1.165) is 18.7 Å². The summed E-state index contributed by atoms with van der Waals surface area (Å²) in [6.45, 7) is 5.63. The molecular weight excluding hydrogens is 242 g/mol. The van der Waals surface area contributed by atoms with Gasteiger partial charge in [-0.1, -0.05) is 19.1 Å². The first-order chi connectivity index (χ1) is 9.17. The first-order valence-electron chi connectivity index (χ1n) is 6.67. The van der Waals surface area contributed by atoms with Gasteiger partial charge in [0.05, 0.1) is 19.6 Å². The van der Waals surface area contributed by atoms with Crippen molar-refractivity contribution in [1.29, 1.82) is 0 Å². The predicted molar refractivity (Wildman–Crippen MR) is 75.4 cm³/mol. The smallest absolute Gasteiger partial charge is 0.309 e. The Hall–Kier alpha value is -1.55. The van der Waals surface area contributed by atoms with Gasteiger partial charge in [0.2, 0.25) is 0 Å². The van der Waals surface area contributed by atoms with Crippen molar-refractivity contribution in [2.75, 3.05) is 26.8 Å². The Balaban J connectivity index is 2.21. The van der Waals surface area contributed by atoms with E-state index in [0.29, 0.717) is 13.2 Å². The molecule has 0 bridgehead atoms. The van der Waals surface area contributed by atoms with Gasteiger partial charge in [-0.3, -0.25) is 4.79 Å². The van der Waals surface area contributed by atoms with Crippen molar-refractivity contribution in [3.05, 3.63) is 29.8 Å². The maximum atomic E-state index is 11.4. The highest BCUT2D eigenvalue weighted by Gasteiger charge is 2.12. The van der Waals surface area contributed by atoms with E-state index in [2.05, 4.69) is 17.4 Å². The summed E-state index contributed by atoms with van der Waals surface area (Å²) in [5, 5.41) is 3.27. The van der Waals surface area contributed by atoms with Crippen LogP contribution in [0.5, 0.6) is 5.75 Å². The summed E-state index contributed by atoms with van der Waals surface area (Å²) in [5.41, 5.74) is 1.25. The molecule has 1 rings (SSSR count). The van der Waals surface area contributed by atoms with Crippen LogP contribution in [0.3, 0.4) is 0 Å². The molecule has 0 spiro atoms. The fourth-order valence-corrected chi connectivity index (χ4v) is 1.71. The monoisotopic (exact) mass is 265 g/mol. The summed E-state index contributed by atoms with van der Waals surface area (Å²) in [5.74, 6) is 0.628. The van der Waals surface area contributed by atoms with Crippen molar-refractivity contribution in [3.8, 4) is 5.75 Å². The van der Waals surface area contributed by atoms with Crippen LogP contribution in [0.15, 0.2) is 24.3 Å². The maximum absolute atomic E-state index is 11.4. The molecule has 0 fully saturated rings. The number of carbonyl (C=O) groups is 1. The zero-order chi connectivity index (χ0) is 14.1. The average Bonchev–Trinajstić information content (AvgIpc) is 2.44. The Morgan fingerprint density at radius 3 is 2.58 bits per heavy atom. The highest BCUT2D eigenvalue weighted by molar-refractivity contribution is 5.72. The van der Waals surface area contributed by atoms with E-state index in [1.54, 1.807) is 7.11 Å². The predicted octanol–water partition coefficient (Wildman–Crippen LogP) is 2.03. The van der Waals surface area contributed by atoms with Gasteiger partial charge < -0.3 is 14.8 Å². The van der Waals surface area contributed by atoms with Crippen LogP contribution in [-0.4, -0.2) is 32.8 Å². The highest BCUT2D eigenvalue weighted by Crippen LogP contribution is 2.11. The second-order valence-corrected chi connectivity index (χ2v) is 4.46. The number of ether oxygens (including phenoxy) is 2. The van der Waals surface area contributed by atoms with Crippen molar-refractivity contribution >= 4 is 5.97 Å². The molecule has 106 valence electrons. The highest BCUT2D eigenvalue weighted by atomic mass is 16.5. The molecule has 1 unspecified atom stereocenters. The summed E-state index contributed by atoms with van der Waals surface area (Å²) in [6, 6.07) is 8.01. The first-order valence-corrected chi connectivity index (χ1v) is 6.67. The van der Waals surface area contributed by atoms with Crippen molar-refractivity contribution in [1.82, 2.24) is 5.32 Å². The van der Waals surface area contributed by atoms with E-state index in [1.807, 2.05) is 26.0 Å². The number of methoxy groups -OCH3 is 1. The third kappa shape index (κ3) is 5.75. The Labute approximate surface area is 115 Å². The van der Waals surface area contributed by atoms with E-state index >= 15 is 0 Å². The minimum atomic E-state index is -0.139. The molecule has 4 nitrogen and oxygen atoms in total. The fraction of sp³-hybridized carbons (Fsp3) is 0.533. The fourth-order valence-electron chi connectivity index (χ4n) is 1.71. The molecule has 0 aliphatic rings. The van der Waals surface area contributed by atoms with Gasteiger partial charge in [0, 0.05) is 6.54 Å². The van der Waals surface area contributed by atoms with E-state index in [9.17, 15) is 4.79 Å². The molecule has 0 heterocycles. The van der Waals surface area contributed by atoms with Crippen LogP contribution in [0.1, 0.15) is 19.4 Å². The molecule has 0 aromatic heterocycles. The van der Waals surface area contributed by atoms with Gasteiger partial charge in [-0.05, 0) is 37.6 Å². The van der Waals surface area contributed by atoms with Gasteiger partial charge >= 0.3 is 5.97 Å². The average molecular weight is 265 g/mol. The van der Waals surface area contributed by atoms with Gasteiger partial charge in [-0.15, -0.1) is 0 Å². The van der Waals surface area contributed by atoms with Crippen LogP contribution in [-0.2, 0) is 16.0 Å². The molecule has 1 atom stereocenters.